The Morgan fingerprint density at radius 2 is 1.44 bits per heavy atom. The van der Waals surface area contributed by atoms with Crippen LogP contribution in [0.15, 0.2) is 0 Å². The molecule has 0 aromatic rings. The van der Waals surface area contributed by atoms with Crippen molar-refractivity contribution in [3.8, 4) is 0 Å². The lowest BCUT2D eigenvalue weighted by Crippen LogP contribution is -2.21. The van der Waals surface area contributed by atoms with Crippen LogP contribution >= 0.6 is 37.2 Å². The molecule has 2 nitrogen and oxygen atoms in total. The van der Waals surface area contributed by atoms with Gasteiger partial charge in [0.25, 0.3) is 0 Å². The monoisotopic (exact) mass is 368 g/mol. The van der Waals surface area contributed by atoms with Gasteiger partial charge in [-0.05, 0) is 0 Å². The van der Waals surface area contributed by atoms with Crippen LogP contribution in [0.1, 0.15) is 0 Å². The molecule has 0 unspecified atom stereocenters. The maximum absolute atomic E-state index is 10.6. The Balaban J connectivity index is 0. The zero-order valence-corrected chi connectivity index (χ0v) is 8.06. The topological polar surface area (TPSA) is 37.3 Å². The van der Waals surface area contributed by atoms with Crippen molar-refractivity contribution in [2.24, 2.45) is 0 Å². The van der Waals surface area contributed by atoms with Crippen molar-refractivity contribution in [2.45, 2.75) is 6.18 Å². The lowest BCUT2D eigenvalue weighted by Gasteiger charge is -1.93. The van der Waals surface area contributed by atoms with E-state index in [0.29, 0.717) is 0 Å². The number of rotatable bonds is 0. The van der Waals surface area contributed by atoms with E-state index in [2.05, 4.69) is 37.2 Å². The zero-order chi connectivity index (χ0) is 8.08. The summed E-state index contributed by atoms with van der Waals surface area (Å²) in [4.78, 5) is 8.90. The highest BCUT2D eigenvalue weighted by Crippen LogP contribution is 2.13. The highest BCUT2D eigenvalue weighted by molar-refractivity contribution is 15.0. The van der Waals surface area contributed by atoms with Gasteiger partial charge in [-0.3, -0.25) is 0 Å². The van der Waals surface area contributed by atoms with E-state index < -0.39 is 12.1 Å². The molecule has 0 saturated carbocycles. The van der Waals surface area contributed by atoms with Gasteiger partial charge in [0.1, 0.15) is 0 Å². The standard InChI is InChI=1S/C2HF3O2.I2/c3-2(4,5)1(6)7;1-2/h(H,6,7);. The number of carboxylic acids is 1. The molecule has 0 aliphatic carbocycles. The number of aliphatic carboxylic acids is 1. The van der Waals surface area contributed by atoms with Crippen molar-refractivity contribution in [1.82, 2.24) is 0 Å². The maximum atomic E-state index is 10.6. The van der Waals surface area contributed by atoms with Crippen molar-refractivity contribution < 1.29 is 23.1 Å². The van der Waals surface area contributed by atoms with Crippen LogP contribution in [0, 0.1) is 0 Å². The summed E-state index contributed by atoms with van der Waals surface area (Å²) in [5, 5.41) is 7.12. The van der Waals surface area contributed by atoms with Crippen LogP contribution in [0.2, 0.25) is 0 Å². The molecule has 7 heteroatoms. The SMILES string of the molecule is II.O=C(O)C(F)(F)F. The molecular weight excluding hydrogens is 367 g/mol. The summed E-state index contributed by atoms with van der Waals surface area (Å²) in [5.41, 5.74) is 0. The average Bonchev–Trinajstić information content (AvgIpc) is 1.69. The molecule has 0 rings (SSSR count). The predicted octanol–water partition coefficient (Wildman–Crippen LogP) is 2.40. The first-order chi connectivity index (χ1) is 3.94. The predicted molar refractivity (Wildman–Crippen MR) is 41.7 cm³/mol. The second kappa shape index (κ2) is 5.50. The molecule has 0 fully saturated rings. The minimum atomic E-state index is -5.08. The average molecular weight is 368 g/mol. The molecule has 0 aliphatic rings. The van der Waals surface area contributed by atoms with E-state index in [9.17, 15) is 13.2 Å². The first-order valence-electron chi connectivity index (χ1n) is 1.39. The Labute approximate surface area is 72.1 Å². The third-order valence-electron chi connectivity index (χ3n) is 0.243. The summed E-state index contributed by atoms with van der Waals surface area (Å²) in [7, 11) is 0. The third kappa shape index (κ3) is 8.72. The molecule has 9 heavy (non-hydrogen) atoms. The van der Waals surface area contributed by atoms with E-state index in [4.69, 9.17) is 9.90 Å². The van der Waals surface area contributed by atoms with Crippen molar-refractivity contribution in [3.05, 3.63) is 0 Å². The highest BCUT2D eigenvalue weighted by Gasteiger charge is 2.38. The van der Waals surface area contributed by atoms with Gasteiger partial charge in [-0.15, -0.1) is 0 Å². The Kier molecular flexibility index (Phi) is 7.58. The van der Waals surface area contributed by atoms with Crippen LogP contribution in [0.5, 0.6) is 0 Å². The van der Waals surface area contributed by atoms with Gasteiger partial charge < -0.3 is 5.11 Å². The number of carbonyl (C=O) groups is 1. The number of hydrogen-bond acceptors (Lipinski definition) is 1. The number of halogens is 5. The van der Waals surface area contributed by atoms with Gasteiger partial charge >= 0.3 is 12.1 Å². The van der Waals surface area contributed by atoms with Crippen LogP contribution in [0.3, 0.4) is 0 Å². The molecule has 0 spiro atoms. The van der Waals surface area contributed by atoms with Crippen LogP contribution in [0.4, 0.5) is 13.2 Å². The smallest absolute Gasteiger partial charge is 0.475 e. The summed E-state index contributed by atoms with van der Waals surface area (Å²) in [5.74, 6) is -2.76. The largest absolute Gasteiger partial charge is 0.490 e. The normalized spacial score (nSPS) is 9.44. The summed E-state index contributed by atoms with van der Waals surface area (Å²) in [6, 6.07) is 0. The lowest BCUT2D eigenvalue weighted by atomic mass is 10.7. The van der Waals surface area contributed by atoms with E-state index >= 15 is 0 Å². The molecule has 0 heterocycles. The summed E-state index contributed by atoms with van der Waals surface area (Å²) < 4.78 is 31.7. The first-order valence-corrected chi connectivity index (χ1v) is 7.67. The Morgan fingerprint density at radius 1 is 1.33 bits per heavy atom. The maximum Gasteiger partial charge on any atom is 0.490 e. The quantitative estimate of drug-likeness (QED) is 0.668. The fraction of sp³-hybridized carbons (Fsp3) is 0.500. The van der Waals surface area contributed by atoms with E-state index in [1.165, 1.54) is 0 Å². The molecule has 1 N–H and O–H groups in total. The lowest BCUT2D eigenvalue weighted by molar-refractivity contribution is -0.192. The fourth-order valence-electron chi connectivity index (χ4n) is 0. The van der Waals surface area contributed by atoms with Gasteiger partial charge in [0.15, 0.2) is 0 Å². The van der Waals surface area contributed by atoms with Crippen LogP contribution in [0.25, 0.3) is 0 Å². The molecule has 56 valence electrons. The Bertz CT molecular complexity index is 90.3. The van der Waals surface area contributed by atoms with Crippen molar-refractivity contribution in [2.75, 3.05) is 0 Å². The molecule has 0 radical (unpaired) electrons. The second-order valence-corrected chi connectivity index (χ2v) is 0.803. The number of alkyl halides is 3. The first kappa shape index (κ1) is 12.4. The highest BCUT2D eigenvalue weighted by atomic mass is 128. The molecule has 0 atom stereocenters. The van der Waals surface area contributed by atoms with Gasteiger partial charge in [0.2, 0.25) is 0 Å². The Hall–Kier alpha value is 0.720. The summed E-state index contributed by atoms with van der Waals surface area (Å²) >= 11 is 4.24. The van der Waals surface area contributed by atoms with E-state index in [0.717, 1.165) is 0 Å². The van der Waals surface area contributed by atoms with Gasteiger partial charge in [-0.2, -0.15) is 13.2 Å². The van der Waals surface area contributed by atoms with Crippen LogP contribution in [-0.2, 0) is 4.79 Å². The molecular formula is C2HF3I2O2. The number of carboxylic acid groups (broad SMARTS) is 1. The molecule has 0 aliphatic heterocycles. The van der Waals surface area contributed by atoms with Gasteiger partial charge in [-0.1, -0.05) is 0 Å². The Morgan fingerprint density at radius 3 is 1.44 bits per heavy atom. The molecule has 0 aromatic heterocycles. The van der Waals surface area contributed by atoms with E-state index in [1.54, 1.807) is 0 Å². The van der Waals surface area contributed by atoms with Gasteiger partial charge in [0.05, 0.1) is 0 Å². The fourth-order valence-corrected chi connectivity index (χ4v) is 0. The van der Waals surface area contributed by atoms with E-state index in [-0.39, 0.29) is 0 Å². The second-order valence-electron chi connectivity index (χ2n) is 0.803. The minimum Gasteiger partial charge on any atom is -0.475 e. The van der Waals surface area contributed by atoms with Crippen molar-refractivity contribution in [1.29, 1.82) is 0 Å². The molecule has 0 saturated heterocycles. The minimum absolute atomic E-state index is 2.12. The van der Waals surface area contributed by atoms with Gasteiger partial charge in [-0.25, -0.2) is 4.79 Å². The van der Waals surface area contributed by atoms with Crippen LogP contribution < -0.4 is 0 Å². The van der Waals surface area contributed by atoms with Gasteiger partial charge in [0, 0.05) is 37.2 Å². The molecule has 0 aromatic carbocycles. The van der Waals surface area contributed by atoms with Crippen molar-refractivity contribution >= 4 is 43.2 Å². The molecule has 0 amide bonds. The van der Waals surface area contributed by atoms with Crippen molar-refractivity contribution in [3.63, 3.8) is 0 Å². The number of hydrogen-bond donors (Lipinski definition) is 1. The van der Waals surface area contributed by atoms with E-state index in [1.807, 2.05) is 0 Å². The molecule has 0 bridgehead atoms. The van der Waals surface area contributed by atoms with Crippen LogP contribution in [-0.4, -0.2) is 17.3 Å². The third-order valence-corrected chi connectivity index (χ3v) is 0.243. The zero-order valence-electron chi connectivity index (χ0n) is 3.75. The summed E-state index contributed by atoms with van der Waals surface area (Å²) in [6.45, 7) is 0. The summed E-state index contributed by atoms with van der Waals surface area (Å²) in [6.07, 6.45) is -5.08.